The number of likely N-dealkylation sites (N-methyl/N-ethyl adjacent to an activating group) is 1. The lowest BCUT2D eigenvalue weighted by Gasteiger charge is -2.18. The van der Waals surface area contributed by atoms with Crippen molar-refractivity contribution in [1.29, 1.82) is 5.26 Å². The van der Waals surface area contributed by atoms with Crippen LogP contribution < -0.4 is 10.1 Å². The number of sulfonamides is 1. The highest BCUT2D eigenvalue weighted by molar-refractivity contribution is 7.89. The summed E-state index contributed by atoms with van der Waals surface area (Å²) in [7, 11) is -2.62. The van der Waals surface area contributed by atoms with Gasteiger partial charge in [-0.15, -0.1) is 0 Å². The van der Waals surface area contributed by atoms with E-state index in [1.807, 2.05) is 25.1 Å². The summed E-state index contributed by atoms with van der Waals surface area (Å²) in [5.74, 6) is 0.374. The first-order valence-corrected chi connectivity index (χ1v) is 11.3. The number of carbonyl (C=O) groups excluding carboxylic acids is 1. The Morgan fingerprint density at radius 3 is 2.38 bits per heavy atom. The molecule has 0 aliphatic rings. The molecule has 164 valence electrons. The zero-order chi connectivity index (χ0) is 23.3. The Balaban J connectivity index is 1.74. The summed E-state index contributed by atoms with van der Waals surface area (Å²) in [5.41, 5.74) is 1.73. The molecule has 3 aromatic carbocycles. The molecule has 0 radical (unpaired) electrons. The highest BCUT2D eigenvalue weighted by atomic mass is 35.5. The zero-order valence-corrected chi connectivity index (χ0v) is 18.9. The Morgan fingerprint density at radius 1 is 1.09 bits per heavy atom. The number of benzene rings is 3. The molecule has 0 aliphatic heterocycles. The zero-order valence-electron chi connectivity index (χ0n) is 17.4. The topological polar surface area (TPSA) is 99.5 Å². The molecular formula is C23H20ClN3O4S. The van der Waals surface area contributed by atoms with Crippen LogP contribution in [0.5, 0.6) is 11.5 Å². The van der Waals surface area contributed by atoms with Gasteiger partial charge in [0.05, 0.1) is 28.8 Å². The van der Waals surface area contributed by atoms with Crippen molar-refractivity contribution in [3.05, 3.63) is 82.9 Å². The Morgan fingerprint density at radius 2 is 1.75 bits per heavy atom. The van der Waals surface area contributed by atoms with E-state index in [1.165, 1.54) is 37.4 Å². The molecular weight excluding hydrogens is 450 g/mol. The third-order valence-electron chi connectivity index (χ3n) is 4.52. The fraction of sp³-hybridized carbons (Fsp3) is 0.130. The highest BCUT2D eigenvalue weighted by Gasteiger charge is 2.23. The van der Waals surface area contributed by atoms with Crippen LogP contribution in [0.1, 0.15) is 11.1 Å². The van der Waals surface area contributed by atoms with Crippen molar-refractivity contribution in [1.82, 2.24) is 4.31 Å². The van der Waals surface area contributed by atoms with Crippen LogP contribution in [0.15, 0.2) is 71.6 Å². The van der Waals surface area contributed by atoms with Crippen LogP contribution in [0.3, 0.4) is 0 Å². The summed E-state index contributed by atoms with van der Waals surface area (Å²) in [6.45, 7) is 1.53. The second-order valence-electron chi connectivity index (χ2n) is 7.00. The predicted octanol–water partition coefficient (Wildman–Crippen LogP) is 4.57. The van der Waals surface area contributed by atoms with E-state index >= 15 is 0 Å². The lowest BCUT2D eigenvalue weighted by Crippen LogP contribution is -2.35. The standard InChI is InChI=1S/C23H20ClN3O4S/c1-16-3-8-19(9-4-16)31-22-12-7-18(24)13-21(22)26-23(28)15-27(2)32(29,30)20-10-5-17(14-25)6-11-20/h3-13H,15H2,1-2H3,(H,26,28). The number of ether oxygens (including phenoxy) is 1. The molecule has 1 amide bonds. The molecule has 3 aromatic rings. The van der Waals surface area contributed by atoms with Gasteiger partial charge in [0.2, 0.25) is 15.9 Å². The molecule has 0 heterocycles. The minimum Gasteiger partial charge on any atom is -0.455 e. The predicted molar refractivity (Wildman–Crippen MR) is 122 cm³/mol. The smallest absolute Gasteiger partial charge is 0.243 e. The number of rotatable bonds is 7. The minimum absolute atomic E-state index is 0.0158. The minimum atomic E-state index is -3.92. The quantitative estimate of drug-likeness (QED) is 0.546. The number of hydrogen-bond donors (Lipinski definition) is 1. The van der Waals surface area contributed by atoms with Crippen LogP contribution in [0.25, 0.3) is 0 Å². The number of nitriles is 1. The molecule has 0 unspecified atom stereocenters. The lowest BCUT2D eigenvalue weighted by atomic mass is 10.2. The van der Waals surface area contributed by atoms with Gasteiger partial charge in [0.15, 0.2) is 5.75 Å². The number of nitrogens with zero attached hydrogens (tertiary/aromatic N) is 2. The Kier molecular flexibility index (Phi) is 7.15. The average molecular weight is 470 g/mol. The first-order valence-electron chi connectivity index (χ1n) is 9.49. The largest absolute Gasteiger partial charge is 0.455 e. The molecule has 0 aliphatic carbocycles. The van der Waals surface area contributed by atoms with Crippen molar-refractivity contribution in [3.63, 3.8) is 0 Å². The summed E-state index contributed by atoms with van der Waals surface area (Å²) in [6, 6.07) is 19.6. The first-order chi connectivity index (χ1) is 15.2. The van der Waals surface area contributed by atoms with Gasteiger partial charge in [-0.1, -0.05) is 29.3 Å². The second kappa shape index (κ2) is 9.83. The molecule has 7 nitrogen and oxygen atoms in total. The van der Waals surface area contributed by atoms with Gasteiger partial charge in [-0.3, -0.25) is 4.79 Å². The Bertz CT molecular complexity index is 1270. The molecule has 0 aromatic heterocycles. The molecule has 0 spiro atoms. The van der Waals surface area contributed by atoms with Crippen LogP contribution in [0.4, 0.5) is 5.69 Å². The second-order valence-corrected chi connectivity index (χ2v) is 9.48. The fourth-order valence-corrected chi connectivity index (χ4v) is 4.08. The van der Waals surface area contributed by atoms with E-state index in [0.717, 1.165) is 9.87 Å². The molecule has 9 heteroatoms. The third-order valence-corrected chi connectivity index (χ3v) is 6.58. The number of amides is 1. The van der Waals surface area contributed by atoms with Crippen molar-refractivity contribution in [2.45, 2.75) is 11.8 Å². The van der Waals surface area contributed by atoms with Crippen molar-refractivity contribution < 1.29 is 17.9 Å². The fourth-order valence-electron chi connectivity index (χ4n) is 2.78. The van der Waals surface area contributed by atoms with Gasteiger partial charge in [0.25, 0.3) is 0 Å². The number of hydrogen-bond acceptors (Lipinski definition) is 5. The van der Waals surface area contributed by atoms with Crippen molar-refractivity contribution >= 4 is 33.2 Å². The van der Waals surface area contributed by atoms with Gasteiger partial charge >= 0.3 is 0 Å². The number of anilines is 1. The van der Waals surface area contributed by atoms with Gasteiger partial charge in [0.1, 0.15) is 5.75 Å². The van der Waals surface area contributed by atoms with Gasteiger partial charge in [-0.2, -0.15) is 9.57 Å². The summed E-state index contributed by atoms with van der Waals surface area (Å²) in [6.07, 6.45) is 0. The van der Waals surface area contributed by atoms with Gasteiger partial charge in [-0.25, -0.2) is 8.42 Å². The number of halogens is 1. The van der Waals surface area contributed by atoms with E-state index in [0.29, 0.717) is 27.8 Å². The van der Waals surface area contributed by atoms with Gasteiger partial charge < -0.3 is 10.1 Å². The van der Waals surface area contributed by atoms with Crippen LogP contribution in [-0.4, -0.2) is 32.2 Å². The van der Waals surface area contributed by atoms with E-state index in [1.54, 1.807) is 24.3 Å². The van der Waals surface area contributed by atoms with Crippen molar-refractivity contribution in [3.8, 4) is 17.6 Å². The highest BCUT2D eigenvalue weighted by Crippen LogP contribution is 2.32. The van der Waals surface area contributed by atoms with Gasteiger partial charge in [-0.05, 0) is 61.5 Å². The molecule has 0 saturated heterocycles. The first kappa shape index (κ1) is 23.3. The maximum Gasteiger partial charge on any atom is 0.243 e. The Hall–Kier alpha value is -3.38. The molecule has 0 saturated carbocycles. The number of nitrogens with one attached hydrogen (secondary N) is 1. The monoisotopic (exact) mass is 469 g/mol. The summed E-state index contributed by atoms with van der Waals surface area (Å²) < 4.78 is 32.2. The van der Waals surface area contributed by atoms with Gasteiger partial charge in [0, 0.05) is 12.1 Å². The van der Waals surface area contributed by atoms with E-state index in [-0.39, 0.29) is 4.90 Å². The third kappa shape index (κ3) is 5.65. The molecule has 0 atom stereocenters. The van der Waals surface area contributed by atoms with Crippen molar-refractivity contribution in [2.24, 2.45) is 0 Å². The van der Waals surface area contributed by atoms with Crippen LogP contribution in [0.2, 0.25) is 5.02 Å². The normalized spacial score (nSPS) is 11.1. The van der Waals surface area contributed by atoms with E-state index in [4.69, 9.17) is 21.6 Å². The molecule has 0 fully saturated rings. The molecule has 3 rings (SSSR count). The summed E-state index contributed by atoms with van der Waals surface area (Å²) in [5, 5.41) is 11.9. The molecule has 0 bridgehead atoms. The maximum atomic E-state index is 12.7. The van der Waals surface area contributed by atoms with E-state index in [9.17, 15) is 13.2 Å². The lowest BCUT2D eigenvalue weighted by molar-refractivity contribution is -0.116. The summed E-state index contributed by atoms with van der Waals surface area (Å²) >= 11 is 6.07. The number of aryl methyl sites for hydroxylation is 1. The summed E-state index contributed by atoms with van der Waals surface area (Å²) in [4.78, 5) is 12.6. The maximum absolute atomic E-state index is 12.7. The molecule has 1 N–H and O–H groups in total. The molecule has 32 heavy (non-hydrogen) atoms. The van der Waals surface area contributed by atoms with E-state index in [2.05, 4.69) is 5.32 Å². The SMILES string of the molecule is Cc1ccc(Oc2ccc(Cl)cc2NC(=O)CN(C)S(=O)(=O)c2ccc(C#N)cc2)cc1. The Labute approximate surface area is 191 Å². The number of carbonyl (C=O) groups is 1. The van der Waals surface area contributed by atoms with Crippen LogP contribution in [-0.2, 0) is 14.8 Å². The van der Waals surface area contributed by atoms with Crippen LogP contribution in [0, 0.1) is 18.3 Å². The average Bonchev–Trinajstić information content (AvgIpc) is 2.77. The van der Waals surface area contributed by atoms with Crippen molar-refractivity contribution in [2.75, 3.05) is 18.9 Å². The van der Waals surface area contributed by atoms with E-state index < -0.39 is 22.5 Å². The van der Waals surface area contributed by atoms with Crippen LogP contribution >= 0.6 is 11.6 Å².